The maximum absolute atomic E-state index is 6.05. The number of benzene rings is 1. The summed E-state index contributed by atoms with van der Waals surface area (Å²) in [5, 5.41) is 8.40. The van der Waals surface area contributed by atoms with Crippen LogP contribution in [0.25, 0.3) is 11.5 Å². The average molecular weight is 312 g/mol. The predicted octanol–water partition coefficient (Wildman–Crippen LogP) is -0.128. The van der Waals surface area contributed by atoms with Gasteiger partial charge in [-0.3, -0.25) is 0 Å². The molecule has 1 aromatic heterocycles. The Bertz CT molecular complexity index is 766. The second-order valence-corrected chi connectivity index (χ2v) is 7.67. The highest BCUT2D eigenvalue weighted by Gasteiger charge is 2.44. The van der Waals surface area contributed by atoms with Crippen LogP contribution >= 0.6 is 0 Å². The molecular weight excluding hydrogens is 291 g/mol. The SMILES string of the molecule is [B]c1cc(-c2nnc(C(C)(C)C(C)(C)C(C)C)o2)c([B])c([B])c1[B]. The summed E-state index contributed by atoms with van der Waals surface area (Å²) >= 11 is 0. The molecule has 0 unspecified atom stereocenters. The first kappa shape index (κ1) is 19.0. The molecule has 24 heavy (non-hydrogen) atoms. The highest BCUT2D eigenvalue weighted by Crippen LogP contribution is 2.46. The molecule has 0 atom stereocenters. The first-order valence-electron chi connectivity index (χ1n) is 7.98. The Hall–Kier alpha value is -1.38. The first-order valence-corrected chi connectivity index (χ1v) is 7.98. The van der Waals surface area contributed by atoms with Gasteiger partial charge < -0.3 is 4.42 Å². The zero-order chi connectivity index (χ0) is 18.4. The van der Waals surface area contributed by atoms with Crippen LogP contribution in [0.5, 0.6) is 0 Å². The van der Waals surface area contributed by atoms with Crippen molar-refractivity contribution in [1.29, 1.82) is 0 Å². The lowest BCUT2D eigenvalue weighted by molar-refractivity contribution is 0.101. The molecule has 0 saturated carbocycles. The van der Waals surface area contributed by atoms with E-state index in [1.807, 2.05) is 0 Å². The van der Waals surface area contributed by atoms with Crippen molar-refractivity contribution in [3.8, 4) is 11.5 Å². The van der Waals surface area contributed by atoms with E-state index in [9.17, 15) is 0 Å². The molecule has 0 aliphatic heterocycles. The fourth-order valence-corrected chi connectivity index (χ4v) is 2.52. The molecule has 3 nitrogen and oxygen atoms in total. The van der Waals surface area contributed by atoms with Crippen LogP contribution in [0.15, 0.2) is 10.5 Å². The number of nitrogens with zero attached hydrogens (tertiary/aromatic N) is 2. The van der Waals surface area contributed by atoms with Gasteiger partial charge in [0.1, 0.15) is 31.4 Å². The largest absolute Gasteiger partial charge is 0.420 e. The third kappa shape index (κ3) is 2.87. The maximum atomic E-state index is 6.05. The smallest absolute Gasteiger partial charge is 0.247 e. The summed E-state index contributed by atoms with van der Waals surface area (Å²) in [6.07, 6.45) is 0. The summed E-state index contributed by atoms with van der Waals surface area (Å²) in [6, 6.07) is 1.61. The second kappa shape index (κ2) is 6.16. The lowest BCUT2D eigenvalue weighted by Crippen LogP contribution is -2.47. The van der Waals surface area contributed by atoms with Gasteiger partial charge in [-0.15, -0.1) is 26.6 Å². The number of aromatic nitrogens is 2. The molecule has 0 amide bonds. The summed E-state index contributed by atoms with van der Waals surface area (Å²) < 4.78 is 5.95. The highest BCUT2D eigenvalue weighted by atomic mass is 16.4. The van der Waals surface area contributed by atoms with Gasteiger partial charge in [0.2, 0.25) is 11.8 Å². The van der Waals surface area contributed by atoms with E-state index in [0.29, 0.717) is 22.8 Å². The summed E-state index contributed by atoms with van der Waals surface area (Å²) in [5.74, 6) is 1.26. The van der Waals surface area contributed by atoms with Crippen LogP contribution in [0.2, 0.25) is 0 Å². The first-order chi connectivity index (χ1) is 10.9. The molecular formula is C17H20B4N2O. The Morgan fingerprint density at radius 3 is 2.04 bits per heavy atom. The van der Waals surface area contributed by atoms with Crippen molar-refractivity contribution in [2.45, 2.75) is 47.0 Å². The Labute approximate surface area is 150 Å². The molecule has 0 bridgehead atoms. The molecule has 2 rings (SSSR count). The topological polar surface area (TPSA) is 38.9 Å². The van der Waals surface area contributed by atoms with Crippen LogP contribution < -0.4 is 21.9 Å². The van der Waals surface area contributed by atoms with Gasteiger partial charge in [0.25, 0.3) is 0 Å². The quantitative estimate of drug-likeness (QED) is 0.739. The summed E-state index contributed by atoms with van der Waals surface area (Å²) in [5.41, 5.74) is 1.23. The number of hydrogen-bond acceptors (Lipinski definition) is 3. The van der Waals surface area contributed by atoms with Gasteiger partial charge in [0.15, 0.2) is 0 Å². The molecule has 0 fully saturated rings. The maximum Gasteiger partial charge on any atom is 0.247 e. The van der Waals surface area contributed by atoms with E-state index in [4.69, 9.17) is 35.8 Å². The Morgan fingerprint density at radius 2 is 1.50 bits per heavy atom. The Kier molecular flexibility index (Phi) is 4.87. The molecule has 7 heteroatoms. The highest BCUT2D eigenvalue weighted by molar-refractivity contribution is 6.63. The minimum atomic E-state index is -0.327. The van der Waals surface area contributed by atoms with E-state index in [-0.39, 0.29) is 33.1 Å². The van der Waals surface area contributed by atoms with Crippen molar-refractivity contribution < 1.29 is 4.42 Å². The molecule has 0 aliphatic rings. The molecule has 0 spiro atoms. The van der Waals surface area contributed by atoms with Gasteiger partial charge in [-0.1, -0.05) is 53.1 Å². The standard InChI is InChI=1S/C17H20B4N2O/c1-8(2)16(3,4)17(5,6)15-23-22-14(24-15)9-7-10(18)12(20)13(21)11(9)19/h7-8H,1-6H3. The molecule has 1 heterocycles. The monoisotopic (exact) mass is 312 g/mol. The molecule has 8 radical (unpaired) electrons. The van der Waals surface area contributed by atoms with Crippen molar-refractivity contribution in [3.63, 3.8) is 0 Å². The molecule has 116 valence electrons. The van der Waals surface area contributed by atoms with E-state index in [2.05, 4.69) is 51.7 Å². The normalized spacial score (nSPS) is 12.8. The van der Waals surface area contributed by atoms with Gasteiger partial charge in [0.05, 0.1) is 0 Å². The third-order valence-corrected chi connectivity index (χ3v) is 5.73. The van der Waals surface area contributed by atoms with E-state index in [0.717, 1.165) is 0 Å². The van der Waals surface area contributed by atoms with Gasteiger partial charge in [-0.2, -0.15) is 0 Å². The molecule has 0 N–H and O–H groups in total. The van der Waals surface area contributed by atoms with E-state index in [1.165, 1.54) is 0 Å². The van der Waals surface area contributed by atoms with Gasteiger partial charge in [0, 0.05) is 11.0 Å². The zero-order valence-electron chi connectivity index (χ0n) is 15.3. The van der Waals surface area contributed by atoms with Crippen molar-refractivity contribution in [1.82, 2.24) is 10.2 Å². The molecule has 2 aromatic rings. The van der Waals surface area contributed by atoms with Crippen LogP contribution in [0, 0.1) is 11.3 Å². The zero-order valence-corrected chi connectivity index (χ0v) is 15.3. The molecule has 0 aliphatic carbocycles. The molecule has 1 aromatic carbocycles. The minimum Gasteiger partial charge on any atom is -0.420 e. The van der Waals surface area contributed by atoms with Crippen molar-refractivity contribution >= 4 is 53.2 Å². The van der Waals surface area contributed by atoms with Gasteiger partial charge in [-0.25, -0.2) is 0 Å². The third-order valence-electron chi connectivity index (χ3n) is 5.73. The summed E-state index contributed by atoms with van der Waals surface area (Å²) in [4.78, 5) is 0. The number of hydrogen-bond donors (Lipinski definition) is 0. The van der Waals surface area contributed by atoms with Gasteiger partial charge >= 0.3 is 0 Å². The Morgan fingerprint density at radius 1 is 0.917 bits per heavy atom. The van der Waals surface area contributed by atoms with Crippen molar-refractivity contribution in [3.05, 3.63) is 12.0 Å². The summed E-state index contributed by atoms with van der Waals surface area (Å²) in [6.45, 7) is 12.9. The average Bonchev–Trinajstić information content (AvgIpc) is 2.98. The van der Waals surface area contributed by atoms with Crippen molar-refractivity contribution in [2.75, 3.05) is 0 Å². The lowest BCUT2D eigenvalue weighted by Gasteiger charge is -2.42. The van der Waals surface area contributed by atoms with Crippen LogP contribution in [-0.2, 0) is 5.41 Å². The second-order valence-electron chi connectivity index (χ2n) is 7.67. The van der Waals surface area contributed by atoms with Crippen LogP contribution in [0.1, 0.15) is 47.4 Å². The predicted molar refractivity (Wildman–Crippen MR) is 103 cm³/mol. The fraction of sp³-hybridized carbons (Fsp3) is 0.529. The van der Waals surface area contributed by atoms with Crippen LogP contribution in [-0.4, -0.2) is 41.6 Å². The van der Waals surface area contributed by atoms with E-state index in [1.54, 1.807) is 6.07 Å². The fourth-order valence-electron chi connectivity index (χ4n) is 2.52. The van der Waals surface area contributed by atoms with Crippen LogP contribution in [0.3, 0.4) is 0 Å². The number of rotatable bonds is 4. The minimum absolute atomic E-state index is 0.0540. The van der Waals surface area contributed by atoms with Crippen LogP contribution in [0.4, 0.5) is 0 Å². The van der Waals surface area contributed by atoms with E-state index < -0.39 is 0 Å². The molecule has 0 saturated heterocycles. The Balaban J connectivity index is 2.53. The van der Waals surface area contributed by atoms with E-state index >= 15 is 0 Å². The summed E-state index contributed by atoms with van der Waals surface area (Å²) in [7, 11) is 23.6. The lowest BCUT2D eigenvalue weighted by atomic mass is 9.62. The van der Waals surface area contributed by atoms with Gasteiger partial charge in [-0.05, 0) is 11.3 Å². The van der Waals surface area contributed by atoms with Crippen molar-refractivity contribution in [2.24, 2.45) is 11.3 Å².